The maximum atomic E-state index is 12.4. The van der Waals surface area contributed by atoms with Crippen molar-refractivity contribution >= 4 is 23.5 Å². The lowest BCUT2D eigenvalue weighted by Crippen LogP contribution is -2.38. The number of carbonyl (C=O) groups excluding carboxylic acids is 1. The Morgan fingerprint density at radius 2 is 1.93 bits per heavy atom. The number of carbonyl (C=O) groups is 2. The van der Waals surface area contributed by atoms with E-state index < -0.39 is 17.9 Å². The molecule has 0 bridgehead atoms. The van der Waals surface area contributed by atoms with Crippen LogP contribution in [-0.2, 0) is 17.6 Å². The second-order valence-corrected chi connectivity index (χ2v) is 7.09. The van der Waals surface area contributed by atoms with Gasteiger partial charge in [0.2, 0.25) is 5.76 Å². The Kier molecular flexibility index (Phi) is 6.67. The molecule has 2 N–H and O–H groups in total. The first-order valence-electron chi connectivity index (χ1n) is 9.27. The van der Waals surface area contributed by atoms with Crippen LogP contribution in [0.15, 0.2) is 59.1 Å². The number of aryl methyl sites for hydroxylation is 1. The van der Waals surface area contributed by atoms with Crippen molar-refractivity contribution in [1.29, 1.82) is 0 Å². The zero-order valence-corrected chi connectivity index (χ0v) is 16.6. The molecule has 0 aliphatic rings. The van der Waals surface area contributed by atoms with Crippen molar-refractivity contribution in [2.45, 2.75) is 32.2 Å². The van der Waals surface area contributed by atoms with E-state index in [1.54, 1.807) is 0 Å². The van der Waals surface area contributed by atoms with E-state index in [0.29, 0.717) is 23.8 Å². The lowest BCUT2D eigenvalue weighted by Gasteiger charge is -2.16. The number of carboxylic acid groups (broad SMARTS) is 1. The molecule has 0 fully saturated rings. The van der Waals surface area contributed by atoms with E-state index >= 15 is 0 Å². The van der Waals surface area contributed by atoms with Gasteiger partial charge in [0.25, 0.3) is 5.91 Å². The number of rotatable bonds is 8. The van der Waals surface area contributed by atoms with Crippen molar-refractivity contribution < 1.29 is 19.1 Å². The van der Waals surface area contributed by atoms with Crippen molar-refractivity contribution in [3.63, 3.8) is 0 Å². The predicted molar refractivity (Wildman–Crippen MR) is 110 cm³/mol. The molecule has 6 nitrogen and oxygen atoms in total. The van der Waals surface area contributed by atoms with Gasteiger partial charge < -0.3 is 14.8 Å². The second kappa shape index (κ2) is 9.39. The van der Waals surface area contributed by atoms with Gasteiger partial charge in [-0.2, -0.15) is 0 Å². The number of oxazole rings is 1. The smallest absolute Gasteiger partial charge is 0.305 e. The molecule has 0 aliphatic heterocycles. The molecule has 29 heavy (non-hydrogen) atoms. The van der Waals surface area contributed by atoms with E-state index in [1.165, 1.54) is 6.20 Å². The Hall–Kier alpha value is -3.12. The molecule has 3 aromatic rings. The number of nitrogens with zero attached hydrogens (tertiary/aromatic N) is 1. The number of carboxylic acids is 1. The fourth-order valence-electron chi connectivity index (χ4n) is 3.01. The van der Waals surface area contributed by atoms with Crippen LogP contribution < -0.4 is 5.32 Å². The summed E-state index contributed by atoms with van der Waals surface area (Å²) in [7, 11) is 0. The van der Waals surface area contributed by atoms with Crippen molar-refractivity contribution in [2.75, 3.05) is 0 Å². The molecular weight excluding hydrogens is 392 g/mol. The lowest BCUT2D eigenvalue weighted by molar-refractivity contribution is -0.137. The number of hydrogen-bond acceptors (Lipinski definition) is 4. The quantitative estimate of drug-likeness (QED) is 0.573. The van der Waals surface area contributed by atoms with E-state index in [1.807, 2.05) is 55.5 Å². The highest BCUT2D eigenvalue weighted by molar-refractivity contribution is 6.30. The number of aromatic nitrogens is 1. The lowest BCUT2D eigenvalue weighted by atomic mass is 9.99. The average molecular weight is 413 g/mol. The molecule has 0 radical (unpaired) electrons. The van der Waals surface area contributed by atoms with Gasteiger partial charge in [-0.25, -0.2) is 4.98 Å². The molecular formula is C22H21ClN2O4. The summed E-state index contributed by atoms with van der Waals surface area (Å²) >= 11 is 6.05. The van der Waals surface area contributed by atoms with Gasteiger partial charge in [0.1, 0.15) is 0 Å². The molecule has 0 saturated heterocycles. The SMILES string of the molecule is CCc1ncc(C(=O)N[C@@H](CC(=O)O)Cc2ccc(-c3cccc(Cl)c3)cc2)o1. The Morgan fingerprint density at radius 1 is 1.17 bits per heavy atom. The number of hydrogen-bond donors (Lipinski definition) is 2. The third-order valence-corrected chi connectivity index (χ3v) is 4.67. The van der Waals surface area contributed by atoms with Crippen LogP contribution in [0.5, 0.6) is 0 Å². The number of nitrogens with one attached hydrogen (secondary N) is 1. The third-order valence-electron chi connectivity index (χ3n) is 4.43. The van der Waals surface area contributed by atoms with Gasteiger partial charge in [0.05, 0.1) is 12.6 Å². The molecule has 1 atom stereocenters. The summed E-state index contributed by atoms with van der Waals surface area (Å²) in [5, 5.41) is 12.6. The van der Waals surface area contributed by atoms with Gasteiger partial charge in [-0.3, -0.25) is 9.59 Å². The first-order valence-corrected chi connectivity index (χ1v) is 9.64. The highest BCUT2D eigenvalue weighted by atomic mass is 35.5. The summed E-state index contributed by atoms with van der Waals surface area (Å²) < 4.78 is 5.34. The topological polar surface area (TPSA) is 92.4 Å². The molecule has 0 saturated carbocycles. The maximum Gasteiger partial charge on any atom is 0.305 e. The third kappa shape index (κ3) is 5.68. The molecule has 2 aromatic carbocycles. The van der Waals surface area contributed by atoms with Gasteiger partial charge in [-0.15, -0.1) is 0 Å². The Labute approximate surface area is 173 Å². The minimum atomic E-state index is -0.988. The summed E-state index contributed by atoms with van der Waals surface area (Å²) in [4.78, 5) is 27.6. The minimum Gasteiger partial charge on any atom is -0.481 e. The molecule has 3 rings (SSSR count). The van der Waals surface area contributed by atoms with Crippen LogP contribution >= 0.6 is 11.6 Å². The maximum absolute atomic E-state index is 12.4. The summed E-state index contributed by atoms with van der Waals surface area (Å²) in [5.41, 5.74) is 2.91. The number of aliphatic carboxylic acids is 1. The van der Waals surface area contributed by atoms with Gasteiger partial charge in [-0.05, 0) is 35.2 Å². The van der Waals surface area contributed by atoms with Crippen molar-refractivity contribution in [1.82, 2.24) is 10.3 Å². The van der Waals surface area contributed by atoms with Crippen LogP contribution in [0.1, 0.15) is 35.4 Å². The highest BCUT2D eigenvalue weighted by Gasteiger charge is 2.20. The molecule has 1 heterocycles. The predicted octanol–water partition coefficient (Wildman–Crippen LogP) is 4.37. The van der Waals surface area contributed by atoms with Gasteiger partial charge in [-0.1, -0.05) is 54.9 Å². The molecule has 0 aliphatic carbocycles. The van der Waals surface area contributed by atoms with E-state index in [-0.39, 0.29) is 12.2 Å². The monoisotopic (exact) mass is 412 g/mol. The van der Waals surface area contributed by atoms with Gasteiger partial charge in [0, 0.05) is 17.5 Å². The minimum absolute atomic E-state index is 0.0774. The summed E-state index contributed by atoms with van der Waals surface area (Å²) in [6.07, 6.45) is 2.11. The average Bonchev–Trinajstić information content (AvgIpc) is 3.17. The zero-order valence-electron chi connectivity index (χ0n) is 15.9. The summed E-state index contributed by atoms with van der Waals surface area (Å²) in [5.74, 6) is -0.924. The number of halogens is 1. The summed E-state index contributed by atoms with van der Waals surface area (Å²) in [6.45, 7) is 1.87. The second-order valence-electron chi connectivity index (χ2n) is 6.65. The fraction of sp³-hybridized carbons (Fsp3) is 0.227. The van der Waals surface area contributed by atoms with Crippen LogP contribution in [0.25, 0.3) is 11.1 Å². The Morgan fingerprint density at radius 3 is 2.55 bits per heavy atom. The molecule has 150 valence electrons. The van der Waals surface area contributed by atoms with Gasteiger partial charge >= 0.3 is 5.97 Å². The number of benzene rings is 2. The van der Waals surface area contributed by atoms with E-state index in [9.17, 15) is 14.7 Å². The first-order chi connectivity index (χ1) is 13.9. The number of amides is 1. The van der Waals surface area contributed by atoms with Crippen LogP contribution in [0, 0.1) is 0 Å². The molecule has 7 heteroatoms. The molecule has 1 aromatic heterocycles. The van der Waals surface area contributed by atoms with Gasteiger partial charge in [0.15, 0.2) is 5.89 Å². The largest absolute Gasteiger partial charge is 0.481 e. The van der Waals surface area contributed by atoms with Crippen molar-refractivity contribution in [2.24, 2.45) is 0 Å². The van der Waals surface area contributed by atoms with Crippen LogP contribution in [0.4, 0.5) is 0 Å². The first kappa shape index (κ1) is 20.6. The highest BCUT2D eigenvalue weighted by Crippen LogP contribution is 2.23. The Balaban J connectivity index is 1.71. The van der Waals surface area contributed by atoms with E-state index in [0.717, 1.165) is 16.7 Å². The normalized spacial score (nSPS) is 11.8. The molecule has 1 amide bonds. The van der Waals surface area contributed by atoms with E-state index in [2.05, 4.69) is 10.3 Å². The van der Waals surface area contributed by atoms with Crippen molar-refractivity contribution in [3.05, 3.63) is 77.0 Å². The standard InChI is InChI=1S/C22H21ClN2O4/c1-2-20-24-13-19(29-20)22(28)25-18(12-21(26)27)10-14-6-8-15(9-7-14)16-4-3-5-17(23)11-16/h3-9,11,13,18H,2,10,12H2,1H3,(H,25,28)(H,26,27)/t18-/m1/s1. The van der Waals surface area contributed by atoms with Crippen LogP contribution in [0.2, 0.25) is 5.02 Å². The molecule has 0 unspecified atom stereocenters. The van der Waals surface area contributed by atoms with Crippen LogP contribution in [0.3, 0.4) is 0 Å². The van der Waals surface area contributed by atoms with E-state index in [4.69, 9.17) is 16.0 Å². The fourth-order valence-corrected chi connectivity index (χ4v) is 3.20. The summed E-state index contributed by atoms with van der Waals surface area (Å²) in [6, 6.07) is 14.7. The molecule has 0 spiro atoms. The zero-order chi connectivity index (χ0) is 20.8. The Bertz CT molecular complexity index is 998. The van der Waals surface area contributed by atoms with Crippen LogP contribution in [-0.4, -0.2) is 28.0 Å². The van der Waals surface area contributed by atoms with Crippen molar-refractivity contribution in [3.8, 4) is 11.1 Å².